The molecule has 0 saturated carbocycles. The molecular weight excluding hydrogens is 458 g/mol. The number of amides is 1. The number of aryl methyl sites for hydroxylation is 1. The maximum Gasteiger partial charge on any atom is 0.260 e. The van der Waals surface area contributed by atoms with Crippen molar-refractivity contribution in [2.24, 2.45) is 0 Å². The lowest BCUT2D eigenvalue weighted by atomic mass is 10.2. The minimum atomic E-state index is -0.0674. The van der Waals surface area contributed by atoms with Gasteiger partial charge >= 0.3 is 0 Å². The van der Waals surface area contributed by atoms with Gasteiger partial charge in [0.05, 0.1) is 23.4 Å². The molecule has 1 aliphatic rings. The van der Waals surface area contributed by atoms with Crippen LogP contribution in [0.1, 0.15) is 22.3 Å². The van der Waals surface area contributed by atoms with Gasteiger partial charge in [0, 0.05) is 31.7 Å². The summed E-state index contributed by atoms with van der Waals surface area (Å²) < 4.78 is 12.5. The highest BCUT2D eigenvalue weighted by molar-refractivity contribution is 7.22. The third-order valence-corrected chi connectivity index (χ3v) is 7.15. The van der Waals surface area contributed by atoms with Crippen LogP contribution in [0.25, 0.3) is 10.2 Å². The van der Waals surface area contributed by atoms with Gasteiger partial charge in [0.2, 0.25) is 0 Å². The van der Waals surface area contributed by atoms with Crippen LogP contribution in [0.4, 0.5) is 5.13 Å². The number of thiazole rings is 1. The van der Waals surface area contributed by atoms with Crippen LogP contribution in [0.3, 0.4) is 0 Å². The number of carbonyl (C=O) groups is 1. The van der Waals surface area contributed by atoms with Gasteiger partial charge in [-0.05, 0) is 55.3 Å². The average molecular weight is 488 g/mol. The van der Waals surface area contributed by atoms with Crippen molar-refractivity contribution in [1.29, 1.82) is 0 Å². The van der Waals surface area contributed by atoms with Gasteiger partial charge in [-0.1, -0.05) is 47.7 Å². The predicted molar refractivity (Wildman–Crippen MR) is 141 cm³/mol. The Labute approximate surface area is 209 Å². The zero-order valence-electron chi connectivity index (χ0n) is 19.9. The average Bonchev–Trinajstić information content (AvgIpc) is 3.33. The van der Waals surface area contributed by atoms with Crippen molar-refractivity contribution in [3.8, 4) is 11.5 Å². The summed E-state index contributed by atoms with van der Waals surface area (Å²) in [6.45, 7) is 7.00. The molecule has 0 atom stereocenters. The largest absolute Gasteiger partial charge is 0.457 e. The Kier molecular flexibility index (Phi) is 7.37. The van der Waals surface area contributed by atoms with Gasteiger partial charge < -0.3 is 9.47 Å². The number of morpholine rings is 1. The Morgan fingerprint density at radius 2 is 1.80 bits per heavy atom. The minimum Gasteiger partial charge on any atom is -0.457 e. The van der Waals surface area contributed by atoms with Gasteiger partial charge in [-0.2, -0.15) is 0 Å². The second-order valence-corrected chi connectivity index (χ2v) is 9.63. The van der Waals surface area contributed by atoms with Crippen molar-refractivity contribution in [3.05, 3.63) is 83.9 Å². The van der Waals surface area contributed by atoms with E-state index in [0.717, 1.165) is 65.9 Å². The Morgan fingerprint density at radius 3 is 2.60 bits per heavy atom. The van der Waals surface area contributed by atoms with E-state index in [1.54, 1.807) is 11.3 Å². The molecule has 180 valence electrons. The van der Waals surface area contributed by atoms with Crippen molar-refractivity contribution in [2.45, 2.75) is 13.3 Å². The van der Waals surface area contributed by atoms with Crippen LogP contribution in [-0.4, -0.2) is 55.2 Å². The normalized spacial score (nSPS) is 14.2. The number of hydrogen-bond acceptors (Lipinski definition) is 6. The molecule has 3 aromatic carbocycles. The van der Waals surface area contributed by atoms with E-state index in [-0.39, 0.29) is 5.91 Å². The van der Waals surface area contributed by atoms with Crippen LogP contribution >= 0.6 is 11.3 Å². The van der Waals surface area contributed by atoms with Crippen molar-refractivity contribution in [2.75, 3.05) is 44.3 Å². The zero-order valence-corrected chi connectivity index (χ0v) is 20.7. The van der Waals surface area contributed by atoms with E-state index in [2.05, 4.69) is 24.0 Å². The summed E-state index contributed by atoms with van der Waals surface area (Å²) in [6, 6.07) is 23.1. The summed E-state index contributed by atoms with van der Waals surface area (Å²) in [5.74, 6) is 1.30. The van der Waals surface area contributed by atoms with Gasteiger partial charge in [-0.25, -0.2) is 4.98 Å². The Bertz CT molecular complexity index is 1290. The number of para-hydroxylation sites is 2. The molecule has 4 aromatic rings. The maximum atomic E-state index is 13.8. The molecule has 0 spiro atoms. The molecular formula is C28H29N3O3S. The number of aromatic nitrogens is 1. The summed E-state index contributed by atoms with van der Waals surface area (Å²) in [7, 11) is 0. The van der Waals surface area contributed by atoms with E-state index in [1.807, 2.05) is 65.6 Å². The maximum absolute atomic E-state index is 13.8. The molecule has 0 radical (unpaired) electrons. The predicted octanol–water partition coefficient (Wildman–Crippen LogP) is 5.77. The number of rotatable bonds is 8. The summed E-state index contributed by atoms with van der Waals surface area (Å²) >= 11 is 1.56. The lowest BCUT2D eigenvalue weighted by molar-refractivity contribution is 0.0376. The molecule has 0 bridgehead atoms. The highest BCUT2D eigenvalue weighted by Gasteiger charge is 2.23. The minimum absolute atomic E-state index is 0.0674. The van der Waals surface area contributed by atoms with E-state index in [9.17, 15) is 4.79 Å². The third-order valence-electron chi connectivity index (χ3n) is 6.11. The summed E-state index contributed by atoms with van der Waals surface area (Å²) in [5, 5.41) is 0.732. The van der Waals surface area contributed by atoms with Gasteiger partial charge in [-0.3, -0.25) is 14.6 Å². The van der Waals surface area contributed by atoms with E-state index < -0.39 is 0 Å². The van der Waals surface area contributed by atoms with E-state index in [1.165, 1.54) is 0 Å². The lowest BCUT2D eigenvalue weighted by Gasteiger charge is -2.27. The van der Waals surface area contributed by atoms with Crippen molar-refractivity contribution in [1.82, 2.24) is 9.88 Å². The van der Waals surface area contributed by atoms with Crippen LogP contribution in [0, 0.1) is 6.92 Å². The summed E-state index contributed by atoms with van der Waals surface area (Å²) in [6.07, 6.45) is 0.862. The van der Waals surface area contributed by atoms with Gasteiger partial charge in [0.25, 0.3) is 5.91 Å². The first-order valence-corrected chi connectivity index (χ1v) is 12.8. The third kappa shape index (κ3) is 5.70. The fraction of sp³-hybridized carbons (Fsp3) is 0.286. The smallest absolute Gasteiger partial charge is 0.260 e. The molecule has 1 aliphatic heterocycles. The number of ether oxygens (including phenoxy) is 2. The Morgan fingerprint density at radius 1 is 1.03 bits per heavy atom. The summed E-state index contributed by atoms with van der Waals surface area (Å²) in [4.78, 5) is 22.9. The number of anilines is 1. The zero-order chi connectivity index (χ0) is 24.0. The molecule has 7 heteroatoms. The number of hydrogen-bond donors (Lipinski definition) is 0. The van der Waals surface area contributed by atoms with Crippen LogP contribution < -0.4 is 9.64 Å². The SMILES string of the molecule is Cc1cccc2sc(N(CCCN3CCOCC3)C(=O)c3cccc(Oc4ccccc4)c3)nc12. The number of benzene rings is 3. The van der Waals surface area contributed by atoms with Crippen LogP contribution in [0.5, 0.6) is 11.5 Å². The topological polar surface area (TPSA) is 54.9 Å². The first-order valence-electron chi connectivity index (χ1n) is 12.0. The molecule has 0 aliphatic carbocycles. The number of nitrogens with zero attached hydrogens (tertiary/aromatic N) is 3. The second-order valence-electron chi connectivity index (χ2n) is 8.63. The van der Waals surface area contributed by atoms with Gasteiger partial charge in [0.1, 0.15) is 11.5 Å². The lowest BCUT2D eigenvalue weighted by Crippen LogP contribution is -2.39. The number of carbonyl (C=O) groups excluding carboxylic acids is 1. The summed E-state index contributed by atoms with van der Waals surface area (Å²) in [5.41, 5.74) is 2.66. The van der Waals surface area contributed by atoms with Crippen molar-refractivity contribution in [3.63, 3.8) is 0 Å². The van der Waals surface area contributed by atoms with Gasteiger partial charge in [0.15, 0.2) is 5.13 Å². The molecule has 1 saturated heterocycles. The fourth-order valence-electron chi connectivity index (χ4n) is 4.22. The van der Waals surface area contributed by atoms with Crippen molar-refractivity contribution < 1.29 is 14.3 Å². The molecule has 35 heavy (non-hydrogen) atoms. The van der Waals surface area contributed by atoms with E-state index in [4.69, 9.17) is 14.5 Å². The molecule has 0 N–H and O–H groups in total. The first kappa shape index (κ1) is 23.5. The van der Waals surface area contributed by atoms with E-state index in [0.29, 0.717) is 17.9 Å². The quantitative estimate of drug-likeness (QED) is 0.316. The first-order chi connectivity index (χ1) is 17.2. The van der Waals surface area contributed by atoms with Crippen LogP contribution in [-0.2, 0) is 4.74 Å². The van der Waals surface area contributed by atoms with Crippen molar-refractivity contribution >= 4 is 32.6 Å². The molecule has 2 heterocycles. The molecule has 1 fully saturated rings. The standard InChI is InChI=1S/C28H29N3O3S/c1-21-8-5-13-25-26(21)29-28(35-25)31(15-7-14-30-16-18-33-19-17-30)27(32)22-9-6-12-24(20-22)34-23-10-3-2-4-11-23/h2-6,8-13,20H,7,14-19H2,1H3. The molecule has 6 nitrogen and oxygen atoms in total. The number of fused-ring (bicyclic) bond motifs is 1. The highest BCUT2D eigenvalue weighted by Crippen LogP contribution is 2.32. The highest BCUT2D eigenvalue weighted by atomic mass is 32.1. The Hall–Kier alpha value is -3.26. The Balaban J connectivity index is 1.39. The van der Waals surface area contributed by atoms with E-state index >= 15 is 0 Å². The monoisotopic (exact) mass is 487 g/mol. The molecule has 1 amide bonds. The molecule has 0 unspecified atom stereocenters. The second kappa shape index (κ2) is 11.0. The van der Waals surface area contributed by atoms with Crippen LogP contribution in [0.15, 0.2) is 72.8 Å². The molecule has 5 rings (SSSR count). The van der Waals surface area contributed by atoms with Gasteiger partial charge in [-0.15, -0.1) is 0 Å². The fourth-order valence-corrected chi connectivity index (χ4v) is 5.29. The van der Waals surface area contributed by atoms with Crippen LogP contribution in [0.2, 0.25) is 0 Å². The molecule has 1 aromatic heterocycles.